The molecule has 7 nitrogen and oxygen atoms in total. The Kier molecular flexibility index (Phi) is 4.72. The van der Waals surface area contributed by atoms with Crippen molar-refractivity contribution in [3.8, 4) is 28.4 Å². The predicted octanol–water partition coefficient (Wildman–Crippen LogP) is 3.54. The van der Waals surface area contributed by atoms with Gasteiger partial charge in [0.25, 0.3) is 0 Å². The van der Waals surface area contributed by atoms with Crippen LogP contribution in [-0.4, -0.2) is 39.5 Å². The molecule has 1 N–H and O–H groups in total. The largest absolute Gasteiger partial charge is 0.573 e. The van der Waals surface area contributed by atoms with Crippen LogP contribution in [0.1, 0.15) is 10.5 Å². The van der Waals surface area contributed by atoms with Crippen LogP contribution in [0.2, 0.25) is 0 Å². The van der Waals surface area contributed by atoms with Gasteiger partial charge in [-0.05, 0) is 48.5 Å². The van der Waals surface area contributed by atoms with Crippen molar-refractivity contribution in [2.45, 2.75) is 6.36 Å². The Hall–Kier alpha value is -3.56. The molecule has 0 bridgehead atoms. The summed E-state index contributed by atoms with van der Waals surface area (Å²) in [6.45, 7) is 0. The van der Waals surface area contributed by atoms with Crippen molar-refractivity contribution in [2.24, 2.45) is 0 Å². The number of carbonyl (C=O) groups is 1. The zero-order valence-electron chi connectivity index (χ0n) is 13.8. The van der Waals surface area contributed by atoms with E-state index in [0.29, 0.717) is 17.0 Å². The van der Waals surface area contributed by atoms with Crippen molar-refractivity contribution in [3.05, 3.63) is 54.2 Å². The lowest BCUT2D eigenvalue weighted by molar-refractivity contribution is -0.274. The Labute approximate surface area is 150 Å². The average Bonchev–Trinajstić information content (AvgIpc) is 3.06. The Bertz CT molecular complexity index is 951. The molecule has 0 aliphatic heterocycles. The molecular weight excluding hydrogens is 367 g/mol. The number of nitrogens with zero attached hydrogens (tertiary/aromatic N) is 3. The minimum absolute atomic E-state index is 0.176. The summed E-state index contributed by atoms with van der Waals surface area (Å²) < 4.78 is 47.0. The number of alkyl halides is 3. The van der Waals surface area contributed by atoms with Gasteiger partial charge in [-0.1, -0.05) is 5.21 Å². The summed E-state index contributed by atoms with van der Waals surface area (Å²) in [5.74, 6) is -1.12. The second kappa shape index (κ2) is 6.98. The van der Waals surface area contributed by atoms with E-state index >= 15 is 0 Å². The first kappa shape index (κ1) is 18.2. The zero-order valence-corrected chi connectivity index (χ0v) is 13.8. The first-order valence-corrected chi connectivity index (χ1v) is 7.48. The number of hydrogen-bond acceptors (Lipinski definition) is 5. The number of ether oxygens (including phenoxy) is 2. The molecule has 0 unspecified atom stereocenters. The van der Waals surface area contributed by atoms with Crippen LogP contribution in [-0.2, 0) is 0 Å². The van der Waals surface area contributed by atoms with Gasteiger partial charge < -0.3 is 14.6 Å². The third-order valence-electron chi connectivity index (χ3n) is 3.55. The Morgan fingerprint density at radius 1 is 1.04 bits per heavy atom. The minimum Gasteiger partial charge on any atom is -0.497 e. The normalized spacial score (nSPS) is 11.3. The number of carboxylic acids is 1. The third-order valence-corrected chi connectivity index (χ3v) is 3.55. The Balaban J connectivity index is 2.04. The molecule has 3 rings (SSSR count). The number of methoxy groups -OCH3 is 1. The summed E-state index contributed by atoms with van der Waals surface area (Å²) in [4.78, 5) is 11.5. The molecule has 1 heterocycles. The summed E-state index contributed by atoms with van der Waals surface area (Å²) in [5.41, 5.74) is 0.689. The van der Waals surface area contributed by atoms with Crippen LogP contribution in [0.3, 0.4) is 0 Å². The van der Waals surface area contributed by atoms with Crippen LogP contribution in [0, 0.1) is 0 Å². The number of rotatable bonds is 5. The topological polar surface area (TPSA) is 86.5 Å². The fourth-order valence-electron chi connectivity index (χ4n) is 2.40. The molecule has 3 aromatic rings. The lowest BCUT2D eigenvalue weighted by atomic mass is 10.1. The van der Waals surface area contributed by atoms with Gasteiger partial charge in [0.1, 0.15) is 17.2 Å². The first-order valence-electron chi connectivity index (χ1n) is 7.48. The van der Waals surface area contributed by atoms with Crippen molar-refractivity contribution in [2.75, 3.05) is 7.11 Å². The molecule has 2 aromatic carbocycles. The SMILES string of the molecule is COc1ccc(-c2c(C(=O)O)nnn2-c2ccc(OC(F)(F)F)cc2)cc1. The van der Waals surface area contributed by atoms with E-state index in [1.807, 2.05) is 0 Å². The summed E-state index contributed by atoms with van der Waals surface area (Å²) >= 11 is 0. The predicted molar refractivity (Wildman–Crippen MR) is 87.0 cm³/mol. The van der Waals surface area contributed by atoms with E-state index in [2.05, 4.69) is 15.0 Å². The van der Waals surface area contributed by atoms with Crippen LogP contribution < -0.4 is 9.47 Å². The highest BCUT2D eigenvalue weighted by Gasteiger charge is 2.31. The molecule has 0 fully saturated rings. The van der Waals surface area contributed by atoms with Gasteiger partial charge in [0.15, 0.2) is 5.69 Å². The number of hydrogen-bond donors (Lipinski definition) is 1. The van der Waals surface area contributed by atoms with Crippen LogP contribution >= 0.6 is 0 Å². The molecule has 0 amide bonds. The average molecular weight is 379 g/mol. The minimum atomic E-state index is -4.81. The first-order chi connectivity index (χ1) is 12.8. The molecule has 0 saturated carbocycles. The number of aromatic nitrogens is 3. The highest BCUT2D eigenvalue weighted by Crippen LogP contribution is 2.29. The molecular formula is C17H12F3N3O4. The lowest BCUT2D eigenvalue weighted by Crippen LogP contribution is -2.17. The van der Waals surface area contributed by atoms with Crippen molar-refractivity contribution < 1.29 is 32.5 Å². The van der Waals surface area contributed by atoms with Crippen molar-refractivity contribution in [1.82, 2.24) is 15.0 Å². The fraction of sp³-hybridized carbons (Fsp3) is 0.118. The van der Waals surface area contributed by atoms with E-state index in [0.717, 1.165) is 12.1 Å². The van der Waals surface area contributed by atoms with Gasteiger partial charge in [0.05, 0.1) is 12.8 Å². The van der Waals surface area contributed by atoms with E-state index in [4.69, 9.17) is 4.74 Å². The van der Waals surface area contributed by atoms with Crippen LogP contribution in [0.25, 0.3) is 16.9 Å². The molecule has 0 radical (unpaired) electrons. The van der Waals surface area contributed by atoms with Crippen LogP contribution in [0.5, 0.6) is 11.5 Å². The molecule has 140 valence electrons. The number of carboxylic acid groups (broad SMARTS) is 1. The Morgan fingerprint density at radius 2 is 1.63 bits per heavy atom. The molecule has 0 atom stereocenters. The standard InChI is InChI=1S/C17H12F3N3O4/c1-26-12-6-2-10(3-7-12)15-14(16(24)25)21-22-23(15)11-4-8-13(9-5-11)27-17(18,19)20/h2-9H,1H3,(H,24,25). The zero-order chi connectivity index (χ0) is 19.6. The van der Waals surface area contributed by atoms with Gasteiger partial charge >= 0.3 is 12.3 Å². The summed E-state index contributed by atoms with van der Waals surface area (Å²) in [6.07, 6.45) is -4.81. The molecule has 0 aliphatic carbocycles. The maximum absolute atomic E-state index is 12.3. The third kappa shape index (κ3) is 4.00. The molecule has 0 saturated heterocycles. The lowest BCUT2D eigenvalue weighted by Gasteiger charge is -2.11. The van der Waals surface area contributed by atoms with Crippen LogP contribution in [0.15, 0.2) is 48.5 Å². The summed E-state index contributed by atoms with van der Waals surface area (Å²) in [5, 5.41) is 16.9. The fourth-order valence-corrected chi connectivity index (χ4v) is 2.40. The molecule has 0 spiro atoms. The van der Waals surface area contributed by atoms with Gasteiger partial charge in [-0.15, -0.1) is 18.3 Å². The van der Waals surface area contributed by atoms with Gasteiger partial charge in [-0.2, -0.15) is 0 Å². The van der Waals surface area contributed by atoms with Crippen molar-refractivity contribution in [1.29, 1.82) is 0 Å². The van der Waals surface area contributed by atoms with E-state index in [9.17, 15) is 23.1 Å². The van der Waals surface area contributed by atoms with Crippen molar-refractivity contribution in [3.63, 3.8) is 0 Å². The van der Waals surface area contributed by atoms with Gasteiger partial charge in [-0.3, -0.25) is 0 Å². The monoisotopic (exact) mass is 379 g/mol. The number of benzene rings is 2. The van der Waals surface area contributed by atoms with E-state index in [-0.39, 0.29) is 11.4 Å². The summed E-state index contributed by atoms with van der Waals surface area (Å²) in [7, 11) is 1.49. The highest BCUT2D eigenvalue weighted by molar-refractivity contribution is 5.93. The van der Waals surface area contributed by atoms with E-state index in [1.165, 1.54) is 23.9 Å². The molecule has 1 aromatic heterocycles. The molecule has 0 aliphatic rings. The smallest absolute Gasteiger partial charge is 0.497 e. The molecule has 27 heavy (non-hydrogen) atoms. The second-order valence-corrected chi connectivity index (χ2v) is 5.27. The van der Waals surface area contributed by atoms with Gasteiger partial charge in [0, 0.05) is 5.56 Å². The number of halogens is 3. The van der Waals surface area contributed by atoms with Crippen molar-refractivity contribution >= 4 is 5.97 Å². The van der Waals surface area contributed by atoms with E-state index < -0.39 is 18.1 Å². The number of aromatic carboxylic acids is 1. The van der Waals surface area contributed by atoms with Gasteiger partial charge in [-0.25, -0.2) is 9.48 Å². The maximum atomic E-state index is 12.3. The second-order valence-electron chi connectivity index (χ2n) is 5.27. The van der Waals surface area contributed by atoms with E-state index in [1.54, 1.807) is 24.3 Å². The molecule has 10 heteroatoms. The maximum Gasteiger partial charge on any atom is 0.573 e. The van der Waals surface area contributed by atoms with Crippen LogP contribution in [0.4, 0.5) is 13.2 Å². The Morgan fingerprint density at radius 3 is 2.15 bits per heavy atom. The highest BCUT2D eigenvalue weighted by atomic mass is 19.4. The van der Waals surface area contributed by atoms with Gasteiger partial charge in [0.2, 0.25) is 0 Å². The summed E-state index contributed by atoms with van der Waals surface area (Å²) in [6, 6.07) is 11.4. The quantitative estimate of drug-likeness (QED) is 0.730.